The molecule has 1 saturated carbocycles. The van der Waals surface area contributed by atoms with Crippen LogP contribution in [0.3, 0.4) is 0 Å². The minimum Gasteiger partial charge on any atom is -0.345 e. The van der Waals surface area contributed by atoms with Crippen molar-refractivity contribution < 1.29 is 27.2 Å². The molecule has 1 fully saturated rings. The van der Waals surface area contributed by atoms with Gasteiger partial charge in [0, 0.05) is 12.1 Å². The number of halogens is 6. The van der Waals surface area contributed by atoms with E-state index in [2.05, 4.69) is 23.2 Å². The van der Waals surface area contributed by atoms with Gasteiger partial charge in [0.25, 0.3) is 0 Å². The zero-order chi connectivity index (χ0) is 15.6. The van der Waals surface area contributed by atoms with E-state index in [1.165, 1.54) is 0 Å². The first-order valence-corrected chi connectivity index (χ1v) is 6.53. The van der Waals surface area contributed by atoms with E-state index in [0.29, 0.717) is 12.8 Å². The molecule has 20 heavy (non-hydrogen) atoms. The second-order valence-corrected chi connectivity index (χ2v) is 5.39. The molecule has 0 aromatic rings. The van der Waals surface area contributed by atoms with Gasteiger partial charge >= 0.3 is 22.6 Å². The predicted molar refractivity (Wildman–Crippen MR) is 63.9 cm³/mol. The molecule has 0 bridgehead atoms. The zero-order valence-electron chi connectivity index (χ0n) is 10.1. The quantitative estimate of drug-likeness (QED) is 0.609. The first-order valence-electron chi connectivity index (χ1n) is 5.77. The molecule has 0 radical (unpaired) electrons. The minimum atomic E-state index is -4.09. The highest BCUT2D eigenvalue weighted by Gasteiger charge is 2.41. The summed E-state index contributed by atoms with van der Waals surface area (Å²) in [6.07, 6.45) is 1.72. The van der Waals surface area contributed by atoms with Gasteiger partial charge in [-0.15, -0.1) is 0 Å². The van der Waals surface area contributed by atoms with Gasteiger partial charge in [-0.1, -0.05) is 12.8 Å². The zero-order valence-corrected chi connectivity index (χ0v) is 11.6. The van der Waals surface area contributed by atoms with Gasteiger partial charge in [-0.25, -0.2) is 0 Å². The molecule has 0 spiro atoms. The molecule has 10 heteroatoms. The van der Waals surface area contributed by atoms with E-state index in [0.717, 1.165) is 0 Å². The molecule has 0 aliphatic heterocycles. The highest BCUT2D eigenvalue weighted by Crippen LogP contribution is 2.24. The number of amides is 2. The molecule has 1 aliphatic rings. The molecule has 0 aromatic carbocycles. The van der Waals surface area contributed by atoms with Crippen LogP contribution in [-0.4, -0.2) is 34.7 Å². The first kappa shape index (κ1) is 17.3. The topological polar surface area (TPSA) is 58.2 Å². The Labute approximate surface area is 122 Å². The summed E-state index contributed by atoms with van der Waals surface area (Å²) in [5.41, 5.74) is 0. The summed E-state index contributed by atoms with van der Waals surface area (Å²) in [5.74, 6) is -3.47. The Morgan fingerprint density at radius 3 is 1.40 bits per heavy atom. The van der Waals surface area contributed by atoms with Crippen molar-refractivity contribution in [2.24, 2.45) is 0 Å². The standard InChI is InChI=1S/C10H12Cl2F4N2O2/c11-9(13,14)7(19)17-5-3-1-2-4-6(5)18-8(20)10(12,15)16/h5-6H,1-4H2,(H,17,19)(H,18,20)/t5-,6-/m1/s1. The second kappa shape index (κ2) is 6.34. The van der Waals surface area contributed by atoms with E-state index in [1.54, 1.807) is 0 Å². The summed E-state index contributed by atoms with van der Waals surface area (Å²) in [5, 5.41) is -4.31. The highest BCUT2D eigenvalue weighted by atomic mass is 35.5. The lowest BCUT2D eigenvalue weighted by atomic mass is 9.90. The van der Waals surface area contributed by atoms with Crippen LogP contribution in [0.4, 0.5) is 17.6 Å². The molecule has 2 atom stereocenters. The molecule has 0 saturated heterocycles. The van der Waals surface area contributed by atoms with Crippen LogP contribution in [0, 0.1) is 0 Å². The molecule has 0 unspecified atom stereocenters. The maximum absolute atomic E-state index is 12.6. The van der Waals surface area contributed by atoms with Crippen molar-refractivity contribution in [3.8, 4) is 0 Å². The van der Waals surface area contributed by atoms with E-state index >= 15 is 0 Å². The van der Waals surface area contributed by atoms with E-state index in [-0.39, 0.29) is 12.8 Å². The SMILES string of the molecule is O=C(N[C@@H]1CCCC[C@H]1NC(=O)C(F)(F)Cl)C(F)(F)Cl. The van der Waals surface area contributed by atoms with E-state index in [9.17, 15) is 27.2 Å². The predicted octanol–water partition coefficient (Wildman–Crippen LogP) is 2.19. The highest BCUT2D eigenvalue weighted by molar-refractivity contribution is 6.32. The van der Waals surface area contributed by atoms with Crippen molar-refractivity contribution in [3.05, 3.63) is 0 Å². The van der Waals surface area contributed by atoms with Crippen LogP contribution in [0.15, 0.2) is 0 Å². The van der Waals surface area contributed by atoms with E-state index in [4.69, 9.17) is 0 Å². The summed E-state index contributed by atoms with van der Waals surface area (Å²) in [4.78, 5) is 22.2. The fourth-order valence-electron chi connectivity index (χ4n) is 1.98. The number of alkyl halides is 6. The lowest BCUT2D eigenvalue weighted by Gasteiger charge is -2.33. The number of carbonyl (C=O) groups is 2. The number of rotatable bonds is 4. The lowest BCUT2D eigenvalue weighted by Crippen LogP contribution is -2.57. The smallest absolute Gasteiger partial charge is 0.345 e. The van der Waals surface area contributed by atoms with Gasteiger partial charge in [0.05, 0.1) is 0 Å². The number of carbonyl (C=O) groups excluding carboxylic acids is 2. The van der Waals surface area contributed by atoms with E-state index < -0.39 is 34.7 Å². The number of hydrogen-bond acceptors (Lipinski definition) is 2. The monoisotopic (exact) mass is 338 g/mol. The molecule has 1 rings (SSSR count). The van der Waals surface area contributed by atoms with Crippen LogP contribution in [0.25, 0.3) is 0 Å². The summed E-state index contributed by atoms with van der Waals surface area (Å²) < 4.78 is 50.3. The number of nitrogens with one attached hydrogen (secondary N) is 2. The van der Waals surface area contributed by atoms with Crippen molar-refractivity contribution >= 4 is 35.0 Å². The maximum Gasteiger partial charge on any atom is 0.399 e. The normalized spacial score (nSPS) is 24.1. The van der Waals surface area contributed by atoms with Gasteiger partial charge in [0.15, 0.2) is 0 Å². The van der Waals surface area contributed by atoms with Gasteiger partial charge < -0.3 is 10.6 Å². The van der Waals surface area contributed by atoms with Crippen molar-refractivity contribution in [2.75, 3.05) is 0 Å². The molecule has 4 nitrogen and oxygen atoms in total. The third kappa shape index (κ3) is 4.97. The van der Waals surface area contributed by atoms with Crippen LogP contribution in [0.2, 0.25) is 0 Å². The van der Waals surface area contributed by atoms with Crippen LogP contribution >= 0.6 is 23.2 Å². The maximum atomic E-state index is 12.6. The van der Waals surface area contributed by atoms with Gasteiger partial charge in [0.2, 0.25) is 0 Å². The lowest BCUT2D eigenvalue weighted by molar-refractivity contribution is -0.139. The van der Waals surface area contributed by atoms with Crippen LogP contribution in [0.5, 0.6) is 0 Å². The third-order valence-electron chi connectivity index (χ3n) is 2.91. The molecule has 0 aromatic heterocycles. The van der Waals surface area contributed by atoms with Gasteiger partial charge in [-0.3, -0.25) is 9.59 Å². The third-order valence-corrected chi connectivity index (χ3v) is 3.26. The summed E-state index contributed by atoms with van der Waals surface area (Å²) >= 11 is 9.11. The molecular weight excluding hydrogens is 327 g/mol. The Bertz CT molecular complexity index is 348. The van der Waals surface area contributed by atoms with Gasteiger partial charge in [-0.05, 0) is 36.0 Å². The Morgan fingerprint density at radius 2 is 1.15 bits per heavy atom. The minimum absolute atomic E-state index is 0.261. The van der Waals surface area contributed by atoms with Gasteiger partial charge in [0.1, 0.15) is 0 Å². The summed E-state index contributed by atoms with van der Waals surface area (Å²) in [7, 11) is 0. The van der Waals surface area contributed by atoms with Crippen LogP contribution in [-0.2, 0) is 9.59 Å². The summed E-state index contributed by atoms with van der Waals surface area (Å²) in [6.45, 7) is 0. The summed E-state index contributed by atoms with van der Waals surface area (Å²) in [6, 6.07) is -1.80. The van der Waals surface area contributed by atoms with Crippen molar-refractivity contribution in [3.63, 3.8) is 0 Å². The molecule has 2 amide bonds. The van der Waals surface area contributed by atoms with Gasteiger partial charge in [-0.2, -0.15) is 17.6 Å². The molecule has 2 N–H and O–H groups in total. The number of hydrogen-bond donors (Lipinski definition) is 2. The molecule has 0 heterocycles. The second-order valence-electron chi connectivity index (χ2n) is 4.44. The fraction of sp³-hybridized carbons (Fsp3) is 0.800. The average Bonchev–Trinajstić information content (AvgIpc) is 2.29. The largest absolute Gasteiger partial charge is 0.399 e. The van der Waals surface area contributed by atoms with E-state index in [1.807, 2.05) is 10.6 Å². The molecule has 116 valence electrons. The Hall–Kier alpha value is -0.760. The van der Waals surface area contributed by atoms with Crippen molar-refractivity contribution in [1.29, 1.82) is 0 Å². The van der Waals surface area contributed by atoms with Crippen LogP contribution in [0.1, 0.15) is 25.7 Å². The average molecular weight is 339 g/mol. The van der Waals surface area contributed by atoms with Crippen molar-refractivity contribution in [1.82, 2.24) is 10.6 Å². The Morgan fingerprint density at radius 1 is 0.850 bits per heavy atom. The molecule has 1 aliphatic carbocycles. The Balaban J connectivity index is 2.68. The fourth-order valence-corrected chi connectivity index (χ4v) is 2.09. The van der Waals surface area contributed by atoms with Crippen LogP contribution < -0.4 is 10.6 Å². The van der Waals surface area contributed by atoms with Crippen molar-refractivity contribution in [2.45, 2.75) is 48.5 Å². The first-order chi connectivity index (χ1) is 9.01. The molecular formula is C10H12Cl2F4N2O2. The Kier molecular flexibility index (Phi) is 5.48.